The summed E-state index contributed by atoms with van der Waals surface area (Å²) in [6.07, 6.45) is -3.78. The van der Waals surface area contributed by atoms with Crippen molar-refractivity contribution in [2.24, 2.45) is 0 Å². The van der Waals surface area contributed by atoms with Crippen LogP contribution in [0.1, 0.15) is 56.2 Å². The second kappa shape index (κ2) is 12.6. The van der Waals surface area contributed by atoms with Crippen molar-refractivity contribution in [1.29, 1.82) is 0 Å². The van der Waals surface area contributed by atoms with Crippen LogP contribution < -0.4 is 4.74 Å². The van der Waals surface area contributed by atoms with Gasteiger partial charge in [-0.1, -0.05) is 18.2 Å². The molecular formula is C29H29FO9S. The lowest BCUT2D eigenvalue weighted by Crippen LogP contribution is -2.49. The highest BCUT2D eigenvalue weighted by atomic mass is 32.1. The number of benzene rings is 2. The Balaban J connectivity index is 1.79. The monoisotopic (exact) mass is 572 g/mol. The van der Waals surface area contributed by atoms with Crippen molar-refractivity contribution in [3.63, 3.8) is 0 Å². The van der Waals surface area contributed by atoms with Crippen molar-refractivity contribution < 1.29 is 47.3 Å². The number of carbonyl (C=O) groups is 4. The van der Waals surface area contributed by atoms with Gasteiger partial charge in [0.1, 0.15) is 30.4 Å². The zero-order valence-electron chi connectivity index (χ0n) is 22.4. The molecule has 40 heavy (non-hydrogen) atoms. The maximum atomic E-state index is 15.4. The van der Waals surface area contributed by atoms with E-state index in [-0.39, 0.29) is 36.3 Å². The molecule has 1 aliphatic heterocycles. The molecule has 9 nitrogen and oxygen atoms in total. The minimum absolute atomic E-state index is 0.0556. The lowest BCUT2D eigenvalue weighted by molar-refractivity contribution is -0.214. The molecule has 1 fully saturated rings. The zero-order chi connectivity index (χ0) is 29.0. The summed E-state index contributed by atoms with van der Waals surface area (Å²) in [5.74, 6) is -3.29. The smallest absolute Gasteiger partial charge is 0.308 e. The number of thiophene rings is 1. The maximum absolute atomic E-state index is 15.4. The molecule has 0 N–H and O–H groups in total. The van der Waals surface area contributed by atoms with Gasteiger partial charge in [0.15, 0.2) is 6.10 Å². The molecule has 0 radical (unpaired) electrons. The van der Waals surface area contributed by atoms with Crippen LogP contribution in [-0.4, -0.2) is 48.8 Å². The van der Waals surface area contributed by atoms with Gasteiger partial charge in [-0.05, 0) is 29.1 Å². The Morgan fingerprint density at radius 1 is 0.950 bits per heavy atom. The summed E-state index contributed by atoms with van der Waals surface area (Å²) in [4.78, 5) is 48.4. The van der Waals surface area contributed by atoms with Gasteiger partial charge in [0.05, 0.1) is 6.10 Å². The second-order valence-corrected chi connectivity index (χ2v) is 10.6. The summed E-state index contributed by atoms with van der Waals surface area (Å²) >= 11 is 1.52. The van der Waals surface area contributed by atoms with Gasteiger partial charge in [-0.15, -0.1) is 11.3 Å². The minimum Gasteiger partial charge on any atom is -0.463 e. The second-order valence-electron chi connectivity index (χ2n) is 9.44. The quantitative estimate of drug-likeness (QED) is 0.213. The molecule has 0 aliphatic carbocycles. The first kappa shape index (κ1) is 29.2. The highest BCUT2D eigenvalue weighted by molar-refractivity contribution is 7.19. The summed E-state index contributed by atoms with van der Waals surface area (Å²) in [7, 11) is 0. The third-order valence-corrected chi connectivity index (χ3v) is 7.29. The average molecular weight is 573 g/mol. The van der Waals surface area contributed by atoms with Gasteiger partial charge in [0, 0.05) is 61.7 Å². The molecule has 2 heterocycles. The predicted octanol–water partition coefficient (Wildman–Crippen LogP) is 4.81. The van der Waals surface area contributed by atoms with Crippen molar-refractivity contribution in [3.8, 4) is 5.75 Å². The van der Waals surface area contributed by atoms with Gasteiger partial charge in [-0.2, -0.15) is 0 Å². The number of hydrogen-bond acceptors (Lipinski definition) is 10. The number of rotatable bonds is 8. The Morgan fingerprint density at radius 3 is 2.33 bits per heavy atom. The van der Waals surface area contributed by atoms with E-state index in [0.29, 0.717) is 0 Å². The number of hydrogen-bond donors (Lipinski definition) is 0. The van der Waals surface area contributed by atoms with Gasteiger partial charge in [0.25, 0.3) is 0 Å². The summed E-state index contributed by atoms with van der Waals surface area (Å²) in [5, 5.41) is 1.03. The first-order chi connectivity index (χ1) is 19.0. The molecule has 3 aromatic rings. The van der Waals surface area contributed by atoms with E-state index in [2.05, 4.69) is 0 Å². The van der Waals surface area contributed by atoms with Crippen LogP contribution in [0.5, 0.6) is 5.75 Å². The largest absolute Gasteiger partial charge is 0.463 e. The SMILES string of the molecule is CC(=O)OCC1CC(OC(C)=O)C(OC(C)=O)C(c2cc(Cc3cc4ccccc4s3)c(F)cc2OC(C)=O)O1. The summed E-state index contributed by atoms with van der Waals surface area (Å²) in [6, 6.07) is 12.4. The van der Waals surface area contributed by atoms with Crippen molar-refractivity contribution in [1.82, 2.24) is 0 Å². The van der Waals surface area contributed by atoms with E-state index in [1.807, 2.05) is 30.3 Å². The summed E-state index contributed by atoms with van der Waals surface area (Å²) in [5.41, 5.74) is 0.498. The highest BCUT2D eigenvalue weighted by Crippen LogP contribution is 2.41. The minimum atomic E-state index is -1.16. The Hall–Kier alpha value is -3.83. The molecule has 1 aliphatic rings. The Bertz CT molecular complexity index is 1400. The van der Waals surface area contributed by atoms with Gasteiger partial charge in [0.2, 0.25) is 0 Å². The molecule has 0 saturated carbocycles. The zero-order valence-corrected chi connectivity index (χ0v) is 23.2. The van der Waals surface area contributed by atoms with E-state index in [4.69, 9.17) is 23.7 Å². The Labute approximate surface area is 234 Å². The number of carbonyl (C=O) groups excluding carboxylic acids is 4. The van der Waals surface area contributed by atoms with Crippen LogP contribution in [0.2, 0.25) is 0 Å². The first-order valence-corrected chi connectivity index (χ1v) is 13.4. The van der Waals surface area contributed by atoms with Gasteiger partial charge >= 0.3 is 23.9 Å². The summed E-state index contributed by atoms with van der Waals surface area (Å²) < 4.78 is 44.2. The van der Waals surface area contributed by atoms with E-state index in [9.17, 15) is 19.2 Å². The van der Waals surface area contributed by atoms with E-state index in [0.717, 1.165) is 21.0 Å². The fourth-order valence-electron chi connectivity index (χ4n) is 4.69. The van der Waals surface area contributed by atoms with Crippen LogP contribution in [-0.2, 0) is 44.5 Å². The Kier molecular flexibility index (Phi) is 9.16. The lowest BCUT2D eigenvalue weighted by atomic mass is 9.90. The molecule has 1 saturated heterocycles. The maximum Gasteiger partial charge on any atom is 0.308 e. The number of halogens is 1. The molecule has 4 unspecified atom stereocenters. The van der Waals surface area contributed by atoms with Gasteiger partial charge in [-0.25, -0.2) is 4.39 Å². The first-order valence-electron chi connectivity index (χ1n) is 12.6. The Morgan fingerprint density at radius 2 is 1.68 bits per heavy atom. The normalized spacial score (nSPS) is 20.5. The van der Waals surface area contributed by atoms with Crippen LogP contribution in [0.25, 0.3) is 10.1 Å². The molecule has 212 valence electrons. The topological polar surface area (TPSA) is 114 Å². The standard InChI is InChI=1S/C29H29FO9S/c1-15(31)35-14-21-12-26(37-17(3)33)29(38-18(4)34)28(39-21)23-11-20(24(30)13-25(23)36-16(2)32)10-22-9-19-7-5-6-8-27(19)40-22/h5-9,11,13,21,26,28-29H,10,12,14H2,1-4H3. The van der Waals surface area contributed by atoms with Crippen LogP contribution in [0.3, 0.4) is 0 Å². The van der Waals surface area contributed by atoms with Crippen LogP contribution >= 0.6 is 11.3 Å². The highest BCUT2D eigenvalue weighted by Gasteiger charge is 2.45. The van der Waals surface area contributed by atoms with Gasteiger partial charge in [-0.3, -0.25) is 19.2 Å². The van der Waals surface area contributed by atoms with E-state index < -0.39 is 54.1 Å². The molecule has 2 aromatic carbocycles. The molecule has 0 spiro atoms. The lowest BCUT2D eigenvalue weighted by Gasteiger charge is -2.41. The molecule has 0 amide bonds. The van der Waals surface area contributed by atoms with Crippen molar-refractivity contribution in [2.75, 3.05) is 6.61 Å². The van der Waals surface area contributed by atoms with E-state index in [1.165, 1.54) is 45.1 Å². The molecule has 4 atom stereocenters. The third kappa shape index (κ3) is 7.22. The fraction of sp³-hybridized carbons (Fsp3) is 0.379. The number of fused-ring (bicyclic) bond motifs is 1. The number of ether oxygens (including phenoxy) is 5. The fourth-order valence-corrected chi connectivity index (χ4v) is 5.77. The predicted molar refractivity (Wildman–Crippen MR) is 142 cm³/mol. The molecular weight excluding hydrogens is 543 g/mol. The van der Waals surface area contributed by atoms with Crippen LogP contribution in [0, 0.1) is 5.82 Å². The van der Waals surface area contributed by atoms with Crippen molar-refractivity contribution >= 4 is 45.3 Å². The molecule has 0 bridgehead atoms. The molecule has 11 heteroatoms. The van der Waals surface area contributed by atoms with Crippen LogP contribution in [0.4, 0.5) is 4.39 Å². The van der Waals surface area contributed by atoms with E-state index >= 15 is 4.39 Å². The molecule has 1 aromatic heterocycles. The van der Waals surface area contributed by atoms with Crippen molar-refractivity contribution in [2.45, 2.75) is 65.0 Å². The van der Waals surface area contributed by atoms with Crippen LogP contribution in [0.15, 0.2) is 42.5 Å². The van der Waals surface area contributed by atoms with Crippen molar-refractivity contribution in [3.05, 3.63) is 64.3 Å². The summed E-state index contributed by atoms with van der Waals surface area (Å²) in [6.45, 7) is 4.64. The number of esters is 4. The molecule has 4 rings (SSSR count). The van der Waals surface area contributed by atoms with E-state index in [1.54, 1.807) is 0 Å². The third-order valence-electron chi connectivity index (χ3n) is 6.17. The average Bonchev–Trinajstić information content (AvgIpc) is 3.27. The van der Waals surface area contributed by atoms with Gasteiger partial charge < -0.3 is 23.7 Å².